The number of carbonyl (C=O) groups excluding carboxylic acids is 1. The quantitative estimate of drug-likeness (QED) is 0.211. The van der Waals surface area contributed by atoms with E-state index >= 15 is 0 Å². The van der Waals surface area contributed by atoms with Crippen molar-refractivity contribution in [3.8, 4) is 11.1 Å². The number of hydrogen-bond donors (Lipinski definition) is 3. The molecule has 0 saturated carbocycles. The van der Waals surface area contributed by atoms with E-state index in [4.69, 9.17) is 9.47 Å². The molecule has 43 heavy (non-hydrogen) atoms. The van der Waals surface area contributed by atoms with Gasteiger partial charge in [0.25, 0.3) is 5.91 Å². The van der Waals surface area contributed by atoms with Gasteiger partial charge in [0.1, 0.15) is 6.54 Å². The Balaban J connectivity index is 1.50. The van der Waals surface area contributed by atoms with E-state index in [1.165, 1.54) is 0 Å². The number of rotatable bonds is 11. The minimum absolute atomic E-state index is 0.382. The number of carboxylic acid groups (broad SMARTS) is 3. The number of aliphatic carboxylic acids is 3. The van der Waals surface area contributed by atoms with Gasteiger partial charge in [0.05, 0.1) is 6.61 Å². The number of ether oxygens (including phenoxy) is 2. The molecule has 0 aliphatic carbocycles. The van der Waals surface area contributed by atoms with Gasteiger partial charge in [-0.1, -0.05) is 72.8 Å². The van der Waals surface area contributed by atoms with Crippen LogP contribution in [0.1, 0.15) is 23.3 Å². The van der Waals surface area contributed by atoms with E-state index in [1.54, 1.807) is 18.3 Å². The summed E-state index contributed by atoms with van der Waals surface area (Å²) in [6.07, 6.45) is -1.15. The Morgan fingerprint density at radius 3 is 2.14 bits per heavy atom. The summed E-state index contributed by atoms with van der Waals surface area (Å²) in [4.78, 5) is 51.1. The second kappa shape index (κ2) is 12.3. The summed E-state index contributed by atoms with van der Waals surface area (Å²) in [5, 5.41) is 29.7. The highest BCUT2D eigenvalue weighted by Crippen LogP contribution is 2.35. The van der Waals surface area contributed by atoms with Gasteiger partial charge in [-0.15, -0.1) is 11.3 Å². The summed E-state index contributed by atoms with van der Waals surface area (Å²) in [6, 6.07) is 27.0. The van der Waals surface area contributed by atoms with Crippen molar-refractivity contribution in [1.82, 2.24) is 4.90 Å². The second-order valence-corrected chi connectivity index (χ2v) is 11.5. The number of carboxylic acids is 3. The number of benzene rings is 3. The Morgan fingerprint density at radius 2 is 1.53 bits per heavy atom. The lowest BCUT2D eigenvalue weighted by Gasteiger charge is -2.35. The number of thiophene rings is 1. The molecular weight excluding hydrogens is 574 g/mol. The fourth-order valence-corrected chi connectivity index (χ4v) is 6.47. The molecule has 222 valence electrons. The van der Waals surface area contributed by atoms with E-state index in [-0.39, 0.29) is 5.92 Å². The monoisotopic (exact) mass is 603 g/mol. The summed E-state index contributed by atoms with van der Waals surface area (Å²) >= 11 is 1.61. The second-order valence-electron chi connectivity index (χ2n) is 10.3. The maximum Gasteiger partial charge on any atom is 0.377 e. The molecular formula is C32H29NO9S. The molecule has 1 amide bonds. The number of carbonyl (C=O) groups is 4. The normalized spacial score (nSPS) is 17.3. The van der Waals surface area contributed by atoms with Gasteiger partial charge in [-0.2, -0.15) is 0 Å². The first-order valence-corrected chi connectivity index (χ1v) is 14.3. The van der Waals surface area contributed by atoms with Crippen molar-refractivity contribution in [3.05, 3.63) is 95.4 Å². The van der Waals surface area contributed by atoms with Gasteiger partial charge in [-0.3, -0.25) is 9.59 Å². The Morgan fingerprint density at radius 1 is 0.907 bits per heavy atom. The lowest BCUT2D eigenvalue weighted by Crippen LogP contribution is -2.52. The Labute approximate surface area is 250 Å². The van der Waals surface area contributed by atoms with Crippen LogP contribution in [-0.2, 0) is 35.1 Å². The van der Waals surface area contributed by atoms with Crippen LogP contribution in [0, 0.1) is 0 Å². The standard InChI is InChI=1S/C32H29NO9S/c1-19(33(17-28(34)35)29(36)26-18-41-32(42-26,30(37)38)31(39)40)25(16-24-15-23-9-5-6-10-27(23)43-24)22-13-11-21(12-14-22)20-7-3-2-4-8-20/h2-15,19,25-26H,16-18H2,1H3,(H,34,35)(H,37,38)(H,39,40)/t19-,25+,26-/m0/s1. The summed E-state index contributed by atoms with van der Waals surface area (Å²) in [7, 11) is 0. The largest absolute Gasteiger partial charge is 0.480 e. The van der Waals surface area contributed by atoms with Crippen LogP contribution in [0.2, 0.25) is 0 Å². The van der Waals surface area contributed by atoms with Gasteiger partial charge >= 0.3 is 23.7 Å². The first-order chi connectivity index (χ1) is 20.6. The Hall–Kier alpha value is -4.58. The molecule has 1 aliphatic rings. The smallest absolute Gasteiger partial charge is 0.377 e. The molecule has 0 spiro atoms. The lowest BCUT2D eigenvalue weighted by atomic mass is 9.86. The Kier molecular flexibility index (Phi) is 8.58. The maximum atomic E-state index is 13.7. The summed E-state index contributed by atoms with van der Waals surface area (Å²) in [5.74, 6) is -9.44. The lowest BCUT2D eigenvalue weighted by molar-refractivity contribution is -0.218. The topological polar surface area (TPSA) is 151 Å². The van der Waals surface area contributed by atoms with Crippen molar-refractivity contribution in [2.45, 2.75) is 37.2 Å². The van der Waals surface area contributed by atoms with E-state index in [9.17, 15) is 34.5 Å². The predicted molar refractivity (Wildman–Crippen MR) is 158 cm³/mol. The van der Waals surface area contributed by atoms with Crippen LogP contribution >= 0.6 is 11.3 Å². The van der Waals surface area contributed by atoms with E-state index in [0.717, 1.165) is 36.6 Å². The number of nitrogens with zero attached hydrogens (tertiary/aromatic N) is 1. The number of amides is 1. The molecule has 1 saturated heterocycles. The van der Waals surface area contributed by atoms with E-state index in [1.807, 2.05) is 78.9 Å². The molecule has 10 nitrogen and oxygen atoms in total. The van der Waals surface area contributed by atoms with E-state index in [0.29, 0.717) is 6.42 Å². The zero-order valence-electron chi connectivity index (χ0n) is 23.1. The average Bonchev–Trinajstić information content (AvgIpc) is 3.64. The molecule has 0 unspecified atom stereocenters. The van der Waals surface area contributed by atoms with Gasteiger partial charge in [-0.05, 0) is 47.6 Å². The highest BCUT2D eigenvalue weighted by molar-refractivity contribution is 7.19. The molecule has 1 aliphatic heterocycles. The molecule has 3 N–H and O–H groups in total. The van der Waals surface area contributed by atoms with Crippen LogP contribution in [0.3, 0.4) is 0 Å². The highest BCUT2D eigenvalue weighted by atomic mass is 32.1. The predicted octanol–water partition coefficient (Wildman–Crippen LogP) is 4.48. The molecule has 4 aromatic rings. The third-order valence-corrected chi connectivity index (χ3v) is 8.73. The van der Waals surface area contributed by atoms with Gasteiger partial charge in [0, 0.05) is 21.5 Å². The zero-order chi connectivity index (χ0) is 30.7. The molecule has 11 heteroatoms. The van der Waals surface area contributed by atoms with Gasteiger partial charge < -0.3 is 29.7 Å². The first kappa shape index (κ1) is 29.9. The van der Waals surface area contributed by atoms with Crippen LogP contribution in [0.25, 0.3) is 21.2 Å². The molecule has 0 radical (unpaired) electrons. The third-order valence-electron chi connectivity index (χ3n) is 7.59. The minimum Gasteiger partial charge on any atom is -0.480 e. The van der Waals surface area contributed by atoms with Gasteiger partial charge in [0.15, 0.2) is 6.10 Å². The van der Waals surface area contributed by atoms with Crippen LogP contribution in [0.15, 0.2) is 84.9 Å². The van der Waals surface area contributed by atoms with Crippen molar-refractivity contribution in [1.29, 1.82) is 0 Å². The first-order valence-electron chi connectivity index (χ1n) is 13.5. The fraction of sp³-hybridized carbons (Fsp3) is 0.250. The molecule has 1 aromatic heterocycles. The fourth-order valence-electron chi connectivity index (χ4n) is 5.34. The third kappa shape index (κ3) is 6.14. The zero-order valence-corrected chi connectivity index (χ0v) is 23.9. The van der Waals surface area contributed by atoms with E-state index in [2.05, 4.69) is 6.07 Å². The van der Waals surface area contributed by atoms with Crippen molar-refractivity contribution < 1.29 is 44.0 Å². The summed E-state index contributed by atoms with van der Waals surface area (Å²) < 4.78 is 11.2. The van der Waals surface area contributed by atoms with Crippen LogP contribution in [-0.4, -0.2) is 75.1 Å². The molecule has 2 heterocycles. The molecule has 3 atom stereocenters. The van der Waals surface area contributed by atoms with Crippen molar-refractivity contribution in [3.63, 3.8) is 0 Å². The van der Waals surface area contributed by atoms with Crippen LogP contribution in [0.5, 0.6) is 0 Å². The van der Waals surface area contributed by atoms with Gasteiger partial charge in [0.2, 0.25) is 0 Å². The van der Waals surface area contributed by atoms with Crippen LogP contribution < -0.4 is 0 Å². The van der Waals surface area contributed by atoms with Gasteiger partial charge in [-0.25, -0.2) is 9.59 Å². The van der Waals surface area contributed by atoms with Crippen LogP contribution in [0.4, 0.5) is 0 Å². The highest BCUT2D eigenvalue weighted by Gasteiger charge is 2.58. The number of hydrogen-bond acceptors (Lipinski definition) is 7. The molecule has 3 aromatic carbocycles. The van der Waals surface area contributed by atoms with Crippen molar-refractivity contribution in [2.24, 2.45) is 0 Å². The SMILES string of the molecule is C[C@@H]([C@@H](Cc1cc2ccccc2s1)c1ccc(-c2ccccc2)cc1)N(CC(=O)O)C(=O)[C@@H]1COC(C(=O)O)(C(=O)O)O1. The Bertz CT molecular complexity index is 1600. The maximum absolute atomic E-state index is 13.7. The van der Waals surface area contributed by atoms with E-state index < -0.39 is 54.9 Å². The average molecular weight is 604 g/mol. The number of fused-ring (bicyclic) bond motifs is 1. The minimum atomic E-state index is -3.05. The molecule has 5 rings (SSSR count). The summed E-state index contributed by atoms with van der Waals surface area (Å²) in [6.45, 7) is 0.354. The molecule has 1 fully saturated rings. The van der Waals surface area contributed by atoms with Crippen molar-refractivity contribution in [2.75, 3.05) is 13.2 Å². The summed E-state index contributed by atoms with van der Waals surface area (Å²) in [5.41, 5.74) is 2.89. The van der Waals surface area contributed by atoms with Crippen molar-refractivity contribution >= 4 is 45.2 Å². The molecule has 0 bridgehead atoms.